The molecule has 0 radical (unpaired) electrons. The maximum Gasteiger partial charge on any atom is 0.161 e. The Hall–Kier alpha value is -1.62. The summed E-state index contributed by atoms with van der Waals surface area (Å²) in [5.41, 5.74) is 1.09. The first-order chi connectivity index (χ1) is 13.8. The highest BCUT2D eigenvalue weighted by atomic mass is 32.1. The van der Waals surface area contributed by atoms with Crippen LogP contribution in [0.1, 0.15) is 74.1 Å². The third-order valence-electron chi connectivity index (χ3n) is 6.02. The molecule has 0 aliphatic heterocycles. The number of rotatable bonds is 13. The number of hydrogen-bond donors (Lipinski definition) is 1. The summed E-state index contributed by atoms with van der Waals surface area (Å²) in [5.74, 6) is -0.228. The van der Waals surface area contributed by atoms with E-state index >= 15 is 4.39 Å². The number of ketones is 2. The molecule has 0 aliphatic rings. The van der Waals surface area contributed by atoms with Crippen LogP contribution in [-0.4, -0.2) is 35.7 Å². The first-order valence-corrected chi connectivity index (χ1v) is 11.2. The van der Waals surface area contributed by atoms with E-state index in [9.17, 15) is 9.59 Å². The molecule has 0 aromatic carbocycles. The first-order valence-electron chi connectivity index (χ1n) is 10.8. The predicted octanol–water partition coefficient (Wildman–Crippen LogP) is 6.63. The van der Waals surface area contributed by atoms with Crippen LogP contribution in [0.25, 0.3) is 0 Å². The van der Waals surface area contributed by atoms with E-state index in [0.717, 1.165) is 12.1 Å². The van der Waals surface area contributed by atoms with Crippen molar-refractivity contribution in [2.45, 2.75) is 79.8 Å². The molecule has 0 aromatic rings. The van der Waals surface area contributed by atoms with E-state index in [0.29, 0.717) is 47.4 Å². The summed E-state index contributed by atoms with van der Waals surface area (Å²) < 4.78 is 15.4. The number of Topliss-reactive ketones (excluding diaryl/α,β-unsaturated/α-hetero) is 2. The molecule has 0 amide bonds. The topological polar surface area (TPSA) is 37.4 Å². The minimum atomic E-state index is -1.53. The van der Waals surface area contributed by atoms with Crippen molar-refractivity contribution in [2.75, 3.05) is 13.6 Å². The Balaban J connectivity index is 5.58. The molecule has 0 spiro atoms. The third-order valence-corrected chi connectivity index (χ3v) is 6.26. The number of hydrogen-bond acceptors (Lipinski definition) is 4. The highest BCUT2D eigenvalue weighted by molar-refractivity contribution is 7.84. The second-order valence-corrected chi connectivity index (χ2v) is 8.57. The lowest BCUT2D eigenvalue weighted by Gasteiger charge is -2.30. The average Bonchev–Trinajstić information content (AvgIpc) is 2.68. The summed E-state index contributed by atoms with van der Waals surface area (Å²) >= 11 is 4.32. The van der Waals surface area contributed by atoms with E-state index in [1.165, 1.54) is 6.92 Å². The van der Waals surface area contributed by atoms with E-state index in [4.69, 9.17) is 0 Å². The normalized spacial score (nSPS) is 16.5. The maximum atomic E-state index is 15.4. The van der Waals surface area contributed by atoms with Crippen molar-refractivity contribution >= 4 is 24.2 Å². The maximum absolute atomic E-state index is 15.4. The number of allylic oxidation sites excluding steroid dienone is 6. The van der Waals surface area contributed by atoms with Crippen molar-refractivity contribution in [3.8, 4) is 0 Å². The molecule has 0 saturated carbocycles. The second-order valence-electron chi connectivity index (χ2n) is 8.03. The number of alkyl halides is 1. The van der Waals surface area contributed by atoms with Gasteiger partial charge in [-0.1, -0.05) is 46.8 Å². The van der Waals surface area contributed by atoms with Crippen LogP contribution in [0, 0.1) is 5.92 Å². The van der Waals surface area contributed by atoms with E-state index in [1.807, 2.05) is 45.7 Å². The molecule has 0 saturated heterocycles. The molecule has 2 atom stereocenters. The summed E-state index contributed by atoms with van der Waals surface area (Å²) in [6.07, 6.45) is 5.97. The molecule has 30 heavy (non-hydrogen) atoms. The van der Waals surface area contributed by atoms with Crippen molar-refractivity contribution in [3.63, 3.8) is 0 Å². The number of carbonyl (C=O) groups is 2. The molecule has 0 bridgehead atoms. The van der Waals surface area contributed by atoms with Crippen LogP contribution in [0.15, 0.2) is 46.1 Å². The minimum Gasteiger partial charge on any atom is -0.377 e. The molecule has 0 aliphatic carbocycles. The van der Waals surface area contributed by atoms with Crippen molar-refractivity contribution in [3.05, 3.63) is 46.1 Å². The fourth-order valence-electron chi connectivity index (χ4n) is 3.33. The number of thiol groups is 1. The Kier molecular flexibility index (Phi) is 12.2. The lowest BCUT2D eigenvalue weighted by molar-refractivity contribution is -0.117. The van der Waals surface area contributed by atoms with Gasteiger partial charge >= 0.3 is 0 Å². The van der Waals surface area contributed by atoms with E-state index in [-0.39, 0.29) is 17.5 Å². The van der Waals surface area contributed by atoms with E-state index in [2.05, 4.69) is 19.2 Å². The highest BCUT2D eigenvalue weighted by Crippen LogP contribution is 2.37. The monoisotopic (exact) mass is 437 g/mol. The zero-order valence-electron chi connectivity index (χ0n) is 20.1. The van der Waals surface area contributed by atoms with Crippen LogP contribution in [0.5, 0.6) is 0 Å². The Labute approximate surface area is 188 Å². The number of carbonyl (C=O) groups excluding carboxylic acids is 2. The molecule has 170 valence electrons. The fraction of sp³-hybridized carbons (Fsp3) is 0.600. The molecule has 5 heteroatoms. The second kappa shape index (κ2) is 12.9. The van der Waals surface area contributed by atoms with Crippen LogP contribution < -0.4 is 0 Å². The Morgan fingerprint density at radius 1 is 1.17 bits per heavy atom. The molecular weight excluding hydrogens is 397 g/mol. The van der Waals surface area contributed by atoms with Crippen LogP contribution >= 0.6 is 12.6 Å². The average molecular weight is 438 g/mol. The van der Waals surface area contributed by atoms with Crippen molar-refractivity contribution in [2.24, 2.45) is 5.92 Å². The van der Waals surface area contributed by atoms with Crippen molar-refractivity contribution in [1.82, 2.24) is 4.90 Å². The number of halogens is 1. The molecule has 3 nitrogen and oxygen atoms in total. The fourth-order valence-corrected chi connectivity index (χ4v) is 3.63. The first kappa shape index (κ1) is 28.4. The number of nitrogens with zero attached hydrogens (tertiary/aromatic N) is 1. The summed E-state index contributed by atoms with van der Waals surface area (Å²) in [6.45, 7) is 16.9. The van der Waals surface area contributed by atoms with Gasteiger partial charge in [0, 0.05) is 41.8 Å². The summed E-state index contributed by atoms with van der Waals surface area (Å²) in [7, 11) is 1.92. The third kappa shape index (κ3) is 7.90. The van der Waals surface area contributed by atoms with Gasteiger partial charge < -0.3 is 4.90 Å². The van der Waals surface area contributed by atoms with Gasteiger partial charge in [0.1, 0.15) is 5.67 Å². The smallest absolute Gasteiger partial charge is 0.161 e. The van der Waals surface area contributed by atoms with Crippen LogP contribution in [-0.2, 0) is 9.59 Å². The summed E-state index contributed by atoms with van der Waals surface area (Å²) in [5, 5.41) is 0. The Morgan fingerprint density at radius 2 is 1.73 bits per heavy atom. The Bertz CT molecular complexity index is 731. The molecule has 0 N–H and O–H groups in total. The molecule has 2 unspecified atom stereocenters. The van der Waals surface area contributed by atoms with Crippen LogP contribution in [0.2, 0.25) is 0 Å². The molecule has 0 heterocycles. The van der Waals surface area contributed by atoms with Gasteiger partial charge in [0.15, 0.2) is 11.6 Å². The van der Waals surface area contributed by atoms with Gasteiger partial charge in [-0.15, -0.1) is 12.6 Å². The van der Waals surface area contributed by atoms with Gasteiger partial charge in [-0.05, 0) is 51.2 Å². The largest absolute Gasteiger partial charge is 0.377 e. The predicted molar refractivity (Wildman–Crippen MR) is 129 cm³/mol. The standard InChI is InChI=1S/C25H40FNO2S/c1-10-17(4)25(8,26)23(20(7)30)14-13-21(11-2)27(9)16-15-24(29)22(12-3)18(5)19(6)28/h13-14,17,30H,7,10-12,15-16H2,1-6,8-9H3/b21-13+,22-18-,23-14+. The van der Waals surface area contributed by atoms with Crippen LogP contribution in [0.4, 0.5) is 4.39 Å². The summed E-state index contributed by atoms with van der Waals surface area (Å²) in [6, 6.07) is 0. The lowest BCUT2D eigenvalue weighted by Crippen LogP contribution is -2.30. The zero-order valence-corrected chi connectivity index (χ0v) is 21.0. The van der Waals surface area contributed by atoms with Crippen LogP contribution in [0.3, 0.4) is 0 Å². The van der Waals surface area contributed by atoms with E-state index in [1.54, 1.807) is 19.9 Å². The minimum absolute atomic E-state index is 0.000532. The molecular formula is C25H40FNO2S. The molecule has 0 aromatic heterocycles. The highest BCUT2D eigenvalue weighted by Gasteiger charge is 2.34. The van der Waals surface area contributed by atoms with Crippen molar-refractivity contribution < 1.29 is 14.0 Å². The quantitative estimate of drug-likeness (QED) is 0.200. The summed E-state index contributed by atoms with van der Waals surface area (Å²) in [4.78, 5) is 26.6. The Morgan fingerprint density at radius 3 is 2.13 bits per heavy atom. The van der Waals surface area contributed by atoms with Gasteiger partial charge in [-0.2, -0.15) is 0 Å². The van der Waals surface area contributed by atoms with Crippen molar-refractivity contribution in [1.29, 1.82) is 0 Å². The van der Waals surface area contributed by atoms with Gasteiger partial charge in [0.2, 0.25) is 0 Å². The van der Waals surface area contributed by atoms with Gasteiger partial charge in [-0.25, -0.2) is 4.39 Å². The van der Waals surface area contributed by atoms with Gasteiger partial charge in [-0.3, -0.25) is 9.59 Å². The molecule has 0 rings (SSSR count). The van der Waals surface area contributed by atoms with E-state index < -0.39 is 5.67 Å². The molecule has 0 fully saturated rings. The lowest BCUT2D eigenvalue weighted by atomic mass is 9.83. The zero-order chi connectivity index (χ0) is 23.6. The SMILES string of the molecule is C=C(S)/C(=C\C=C(/CC)N(C)CCC(=O)/C(CC)=C(/C)C(C)=O)C(C)(F)C(C)CC. The van der Waals surface area contributed by atoms with Gasteiger partial charge in [0.25, 0.3) is 0 Å². The van der Waals surface area contributed by atoms with Gasteiger partial charge in [0.05, 0.1) is 0 Å².